The fourth-order valence-electron chi connectivity index (χ4n) is 2.37. The molecule has 4 heterocycles. The topological polar surface area (TPSA) is 94.2 Å². The number of anilines is 1. The Bertz CT molecular complexity index is 1160. The number of nitrogens with zero attached hydrogens (tertiary/aromatic N) is 5. The maximum Gasteiger partial charge on any atom is 0.267 e. The molecule has 26 heavy (non-hydrogen) atoms. The third-order valence-electron chi connectivity index (χ3n) is 3.54. The Morgan fingerprint density at radius 1 is 1.27 bits per heavy atom. The van der Waals surface area contributed by atoms with E-state index in [1.165, 1.54) is 23.7 Å². The van der Waals surface area contributed by atoms with E-state index in [4.69, 9.17) is 11.6 Å². The Kier molecular flexibility index (Phi) is 4.23. The highest BCUT2D eigenvalue weighted by atomic mass is 35.5. The predicted octanol–water partition coefficient (Wildman–Crippen LogP) is 2.31. The molecule has 0 unspecified atom stereocenters. The molecule has 0 aliphatic rings. The van der Waals surface area contributed by atoms with Gasteiger partial charge in [-0.25, -0.2) is 14.2 Å². The molecule has 0 saturated carbocycles. The van der Waals surface area contributed by atoms with Gasteiger partial charge >= 0.3 is 0 Å². The van der Waals surface area contributed by atoms with Crippen LogP contribution in [0.2, 0.25) is 5.02 Å². The van der Waals surface area contributed by atoms with Crippen molar-refractivity contribution in [2.75, 3.05) is 5.32 Å². The molecule has 4 aromatic heterocycles. The molecule has 0 saturated heterocycles. The van der Waals surface area contributed by atoms with E-state index in [1.807, 2.05) is 0 Å². The maximum atomic E-state index is 12.3. The average molecular weight is 387 g/mol. The lowest BCUT2D eigenvalue weighted by Gasteiger charge is -2.08. The minimum Gasteiger partial charge on any atom is -0.324 e. The van der Waals surface area contributed by atoms with Gasteiger partial charge in [0.15, 0.2) is 5.65 Å². The second-order valence-corrected chi connectivity index (χ2v) is 6.72. The van der Waals surface area contributed by atoms with Crippen molar-refractivity contribution in [2.45, 2.75) is 6.54 Å². The number of amides is 1. The lowest BCUT2D eigenvalue weighted by atomic mass is 10.3. The molecule has 0 spiro atoms. The number of carbonyl (C=O) groups is 1. The van der Waals surface area contributed by atoms with Gasteiger partial charge in [0.05, 0.1) is 9.90 Å². The lowest BCUT2D eigenvalue weighted by Crippen LogP contribution is -2.29. The van der Waals surface area contributed by atoms with Gasteiger partial charge in [-0.05, 0) is 18.2 Å². The van der Waals surface area contributed by atoms with Crippen LogP contribution in [0.5, 0.6) is 0 Å². The summed E-state index contributed by atoms with van der Waals surface area (Å²) in [5, 5.41) is 13.3. The molecule has 1 N–H and O–H groups in total. The van der Waals surface area contributed by atoms with Crippen molar-refractivity contribution in [3.05, 3.63) is 63.6 Å². The standard InChI is InChI=1S/C16H11ClN6O2S/c17-10-5-13(26-8-10)12-1-2-16(25)23(21-12)7-15(24)20-11-3-4-22-14(6-11)18-9-19-22/h1-6,8-9H,7H2,(H,20,24). The van der Waals surface area contributed by atoms with Crippen LogP contribution in [0.3, 0.4) is 0 Å². The number of thiophene rings is 1. The van der Waals surface area contributed by atoms with Gasteiger partial charge in [-0.2, -0.15) is 10.2 Å². The summed E-state index contributed by atoms with van der Waals surface area (Å²) < 4.78 is 2.70. The van der Waals surface area contributed by atoms with Gasteiger partial charge in [-0.15, -0.1) is 11.3 Å². The zero-order valence-electron chi connectivity index (χ0n) is 13.2. The first-order chi connectivity index (χ1) is 12.6. The molecule has 0 fully saturated rings. The minimum atomic E-state index is -0.371. The van der Waals surface area contributed by atoms with Crippen LogP contribution in [0.1, 0.15) is 0 Å². The van der Waals surface area contributed by atoms with Crippen LogP contribution in [0.15, 0.2) is 53.0 Å². The Labute approximate surface area is 155 Å². The molecule has 130 valence electrons. The molecule has 0 radical (unpaired) electrons. The van der Waals surface area contributed by atoms with Crippen molar-refractivity contribution >= 4 is 40.2 Å². The van der Waals surface area contributed by atoms with E-state index in [-0.39, 0.29) is 18.0 Å². The van der Waals surface area contributed by atoms with Crippen molar-refractivity contribution in [3.63, 3.8) is 0 Å². The van der Waals surface area contributed by atoms with Gasteiger partial charge in [0.25, 0.3) is 5.56 Å². The van der Waals surface area contributed by atoms with E-state index in [9.17, 15) is 9.59 Å². The summed E-state index contributed by atoms with van der Waals surface area (Å²) in [5.74, 6) is -0.371. The van der Waals surface area contributed by atoms with Crippen LogP contribution < -0.4 is 10.9 Å². The van der Waals surface area contributed by atoms with Gasteiger partial charge in [-0.1, -0.05) is 11.6 Å². The third-order valence-corrected chi connectivity index (χ3v) is 4.84. The molecule has 1 amide bonds. The minimum absolute atomic E-state index is 0.205. The summed E-state index contributed by atoms with van der Waals surface area (Å²) in [5.41, 5.74) is 1.39. The number of hydrogen-bond acceptors (Lipinski definition) is 6. The number of nitrogens with one attached hydrogen (secondary N) is 1. The maximum absolute atomic E-state index is 12.3. The summed E-state index contributed by atoms with van der Waals surface area (Å²) in [6.07, 6.45) is 3.11. The Balaban J connectivity index is 1.54. The summed E-state index contributed by atoms with van der Waals surface area (Å²) in [6.45, 7) is -0.205. The molecular weight excluding hydrogens is 376 g/mol. The van der Waals surface area contributed by atoms with Crippen molar-refractivity contribution < 1.29 is 4.79 Å². The van der Waals surface area contributed by atoms with Gasteiger partial charge in [0, 0.05) is 29.4 Å². The number of hydrogen-bond donors (Lipinski definition) is 1. The number of halogens is 1. The zero-order chi connectivity index (χ0) is 18.1. The quantitative estimate of drug-likeness (QED) is 0.580. The van der Waals surface area contributed by atoms with Gasteiger partial charge in [0.2, 0.25) is 5.91 Å². The second-order valence-electron chi connectivity index (χ2n) is 5.37. The predicted molar refractivity (Wildman–Crippen MR) is 98.4 cm³/mol. The van der Waals surface area contributed by atoms with Gasteiger partial charge in [-0.3, -0.25) is 9.59 Å². The molecule has 0 aromatic carbocycles. The van der Waals surface area contributed by atoms with Crippen molar-refractivity contribution in [1.29, 1.82) is 0 Å². The van der Waals surface area contributed by atoms with Crippen molar-refractivity contribution in [3.8, 4) is 10.6 Å². The van der Waals surface area contributed by atoms with Crippen LogP contribution in [0.4, 0.5) is 5.69 Å². The summed E-state index contributed by atoms with van der Waals surface area (Å²) in [7, 11) is 0. The first kappa shape index (κ1) is 16.4. The third kappa shape index (κ3) is 3.35. The molecular formula is C16H11ClN6O2S. The van der Waals surface area contributed by atoms with E-state index in [1.54, 1.807) is 40.4 Å². The Morgan fingerprint density at radius 2 is 2.15 bits per heavy atom. The van der Waals surface area contributed by atoms with Crippen molar-refractivity contribution in [2.24, 2.45) is 0 Å². The molecule has 4 rings (SSSR count). The van der Waals surface area contributed by atoms with E-state index >= 15 is 0 Å². The highest BCUT2D eigenvalue weighted by Gasteiger charge is 2.10. The molecule has 0 aliphatic heterocycles. The van der Waals surface area contributed by atoms with Gasteiger partial charge < -0.3 is 5.32 Å². The lowest BCUT2D eigenvalue weighted by molar-refractivity contribution is -0.117. The van der Waals surface area contributed by atoms with Crippen LogP contribution in [0.25, 0.3) is 16.2 Å². The fourth-order valence-corrected chi connectivity index (χ4v) is 3.41. The number of pyridine rings is 1. The van der Waals surface area contributed by atoms with E-state index < -0.39 is 0 Å². The second kappa shape index (κ2) is 6.70. The first-order valence-corrected chi connectivity index (χ1v) is 8.76. The van der Waals surface area contributed by atoms with E-state index in [2.05, 4.69) is 20.5 Å². The Morgan fingerprint density at radius 3 is 2.96 bits per heavy atom. The van der Waals surface area contributed by atoms with Crippen LogP contribution in [0, 0.1) is 0 Å². The monoisotopic (exact) mass is 386 g/mol. The van der Waals surface area contributed by atoms with Crippen molar-refractivity contribution in [1.82, 2.24) is 24.4 Å². The SMILES string of the molecule is O=C(Cn1nc(-c2cc(Cl)cs2)ccc1=O)Nc1ccn2ncnc2c1. The smallest absolute Gasteiger partial charge is 0.267 e. The highest BCUT2D eigenvalue weighted by molar-refractivity contribution is 7.14. The molecule has 0 aliphatic carbocycles. The summed E-state index contributed by atoms with van der Waals surface area (Å²) >= 11 is 7.34. The Hall–Kier alpha value is -3.04. The number of aromatic nitrogens is 5. The number of fused-ring (bicyclic) bond motifs is 1. The van der Waals surface area contributed by atoms with Gasteiger partial charge in [0.1, 0.15) is 18.6 Å². The van der Waals surface area contributed by atoms with Crippen LogP contribution in [-0.2, 0) is 11.3 Å². The molecule has 4 aromatic rings. The average Bonchev–Trinajstić information content (AvgIpc) is 3.25. The number of rotatable bonds is 4. The molecule has 8 nitrogen and oxygen atoms in total. The van der Waals surface area contributed by atoms with Crippen LogP contribution in [-0.4, -0.2) is 30.3 Å². The first-order valence-electron chi connectivity index (χ1n) is 7.50. The molecule has 0 atom stereocenters. The normalized spacial score (nSPS) is 11.0. The van der Waals surface area contributed by atoms with E-state index in [0.717, 1.165) is 9.56 Å². The summed E-state index contributed by atoms with van der Waals surface area (Å²) in [4.78, 5) is 29.2. The zero-order valence-corrected chi connectivity index (χ0v) is 14.7. The highest BCUT2D eigenvalue weighted by Crippen LogP contribution is 2.27. The number of carbonyl (C=O) groups excluding carboxylic acids is 1. The largest absolute Gasteiger partial charge is 0.324 e. The molecule has 0 bridgehead atoms. The van der Waals surface area contributed by atoms with E-state index in [0.29, 0.717) is 22.1 Å². The molecule has 10 heteroatoms. The fraction of sp³-hybridized carbons (Fsp3) is 0.0625. The summed E-state index contributed by atoms with van der Waals surface area (Å²) in [6, 6.07) is 8.13. The van der Waals surface area contributed by atoms with Crippen LogP contribution >= 0.6 is 22.9 Å².